The molecular formula is C22H21Cl2N3O3S2. The average Bonchev–Trinajstić information content (AvgIpc) is 3.31. The Labute approximate surface area is 202 Å². The summed E-state index contributed by atoms with van der Waals surface area (Å²) in [5.74, 6) is 0.609. The molecule has 3 atom stereocenters. The number of hydrogen-bond acceptors (Lipinski definition) is 6. The number of nitrogens with one attached hydrogen (secondary N) is 1. The molecule has 4 rings (SSSR count). The second kappa shape index (κ2) is 9.16. The number of alkyl halides is 2. The zero-order chi connectivity index (χ0) is 22.9. The molecule has 1 fully saturated rings. The number of likely N-dealkylation sites (N-methyl/N-ethyl adjacent to an activating group) is 1. The standard InChI is InChI=1S/C22H21Cl2N3O3S2/c1-27-10-9-19(14-27)30-18-4-2-3-17(11-18)26-32(28,29)20-12-22(24,21(23)31-20)16-7-5-15(13-25)6-8-16/h2-8,11-12,19,21,26H,9-10,14H2,1H3/t19-,21?,22?/m1/s1. The van der Waals surface area contributed by atoms with Crippen LogP contribution in [0.25, 0.3) is 0 Å². The van der Waals surface area contributed by atoms with Crippen LogP contribution in [-0.4, -0.2) is 44.3 Å². The van der Waals surface area contributed by atoms with Gasteiger partial charge in [-0.15, -0.1) is 23.2 Å². The van der Waals surface area contributed by atoms with Gasteiger partial charge in [0.05, 0.1) is 17.3 Å². The molecule has 2 aromatic carbocycles. The highest BCUT2D eigenvalue weighted by Crippen LogP contribution is 2.53. The molecule has 1 N–H and O–H groups in total. The number of benzene rings is 2. The number of hydrogen-bond donors (Lipinski definition) is 1. The van der Waals surface area contributed by atoms with Gasteiger partial charge in [0.1, 0.15) is 25.7 Å². The van der Waals surface area contributed by atoms with Crippen molar-refractivity contribution in [1.82, 2.24) is 4.90 Å². The SMILES string of the molecule is CN1CC[C@@H](Oc2cccc(NS(=O)(=O)C3=CC(Cl)(c4ccc(C#N)cc4)C(Cl)S3)c2)C1. The van der Waals surface area contributed by atoms with Gasteiger partial charge >= 0.3 is 0 Å². The summed E-state index contributed by atoms with van der Waals surface area (Å²) >= 11 is 14.2. The molecule has 0 aromatic heterocycles. The normalized spacial score (nSPS) is 25.9. The minimum Gasteiger partial charge on any atom is -0.489 e. The monoisotopic (exact) mass is 509 g/mol. The predicted molar refractivity (Wildman–Crippen MR) is 130 cm³/mol. The molecule has 10 heteroatoms. The van der Waals surface area contributed by atoms with Gasteiger partial charge in [0.2, 0.25) is 0 Å². The number of anilines is 1. The molecule has 1 saturated heterocycles. The largest absolute Gasteiger partial charge is 0.489 e. The van der Waals surface area contributed by atoms with Crippen LogP contribution in [0.1, 0.15) is 17.5 Å². The fraction of sp³-hybridized carbons (Fsp3) is 0.318. The third kappa shape index (κ3) is 4.87. The van der Waals surface area contributed by atoms with E-state index in [1.807, 2.05) is 19.2 Å². The van der Waals surface area contributed by atoms with Gasteiger partial charge in [0.25, 0.3) is 10.0 Å². The first-order chi connectivity index (χ1) is 15.2. The van der Waals surface area contributed by atoms with Crippen LogP contribution in [0.15, 0.2) is 58.8 Å². The van der Waals surface area contributed by atoms with Crippen molar-refractivity contribution in [2.24, 2.45) is 0 Å². The van der Waals surface area contributed by atoms with Gasteiger partial charge in [-0.05, 0) is 49.4 Å². The Morgan fingerprint density at radius 2 is 2.03 bits per heavy atom. The zero-order valence-corrected chi connectivity index (χ0v) is 20.3. The first-order valence-electron chi connectivity index (χ1n) is 9.91. The quantitative estimate of drug-likeness (QED) is 0.569. The summed E-state index contributed by atoms with van der Waals surface area (Å²) in [6.07, 6.45) is 2.47. The van der Waals surface area contributed by atoms with Crippen LogP contribution in [0.5, 0.6) is 5.75 Å². The highest BCUT2D eigenvalue weighted by Gasteiger charge is 2.45. The van der Waals surface area contributed by atoms with E-state index in [2.05, 4.69) is 9.62 Å². The second-order valence-electron chi connectivity index (χ2n) is 7.78. The minimum absolute atomic E-state index is 0.0422. The van der Waals surface area contributed by atoms with Crippen molar-refractivity contribution in [3.8, 4) is 11.8 Å². The predicted octanol–water partition coefficient (Wildman–Crippen LogP) is 4.67. The third-order valence-electron chi connectivity index (χ3n) is 5.34. The van der Waals surface area contributed by atoms with E-state index in [0.29, 0.717) is 22.6 Å². The summed E-state index contributed by atoms with van der Waals surface area (Å²) in [7, 11) is -1.86. The Bertz CT molecular complexity index is 1180. The summed E-state index contributed by atoms with van der Waals surface area (Å²) in [4.78, 5) is 0.972. The molecule has 2 aromatic rings. The number of nitriles is 1. The van der Waals surface area contributed by atoms with E-state index < -0.39 is 19.6 Å². The summed E-state index contributed by atoms with van der Waals surface area (Å²) in [5, 5.41) is 8.99. The Kier molecular flexibility index (Phi) is 6.66. The van der Waals surface area contributed by atoms with E-state index in [4.69, 9.17) is 33.2 Å². The van der Waals surface area contributed by atoms with Crippen molar-refractivity contribution in [3.63, 3.8) is 0 Å². The van der Waals surface area contributed by atoms with Crippen LogP contribution < -0.4 is 9.46 Å². The van der Waals surface area contributed by atoms with Crippen molar-refractivity contribution >= 4 is 50.7 Å². The Balaban J connectivity index is 1.53. The van der Waals surface area contributed by atoms with Crippen LogP contribution in [0, 0.1) is 11.3 Å². The van der Waals surface area contributed by atoms with E-state index in [-0.39, 0.29) is 10.3 Å². The number of ether oxygens (including phenoxy) is 1. The summed E-state index contributed by atoms with van der Waals surface area (Å²) in [5.41, 5.74) is 1.50. The van der Waals surface area contributed by atoms with E-state index in [1.165, 1.54) is 6.08 Å². The molecule has 6 nitrogen and oxygen atoms in total. The van der Waals surface area contributed by atoms with Crippen LogP contribution in [0.4, 0.5) is 5.69 Å². The number of allylic oxidation sites excluding steroid dienone is 1. The zero-order valence-electron chi connectivity index (χ0n) is 17.2. The van der Waals surface area contributed by atoms with Crippen LogP contribution in [0.3, 0.4) is 0 Å². The van der Waals surface area contributed by atoms with Gasteiger partial charge in [-0.25, -0.2) is 8.42 Å². The van der Waals surface area contributed by atoms with E-state index in [1.54, 1.807) is 42.5 Å². The molecule has 2 unspecified atom stereocenters. The molecule has 0 bridgehead atoms. The Morgan fingerprint density at radius 3 is 2.69 bits per heavy atom. The first kappa shape index (κ1) is 23.3. The third-order valence-corrected chi connectivity index (χ3v) is 9.76. The molecule has 0 radical (unpaired) electrons. The molecule has 0 amide bonds. The first-order valence-corrected chi connectivity index (χ1v) is 13.1. The highest BCUT2D eigenvalue weighted by molar-refractivity contribution is 8.20. The van der Waals surface area contributed by atoms with Crippen molar-refractivity contribution in [3.05, 3.63) is 70.0 Å². The van der Waals surface area contributed by atoms with Crippen LogP contribution >= 0.6 is 35.0 Å². The maximum Gasteiger partial charge on any atom is 0.267 e. The second-order valence-corrected chi connectivity index (χ2v) is 12.2. The fourth-order valence-corrected chi connectivity index (χ4v) is 7.40. The molecule has 0 spiro atoms. The summed E-state index contributed by atoms with van der Waals surface area (Å²) < 4.78 is 34.0. The molecule has 32 heavy (non-hydrogen) atoms. The number of likely N-dealkylation sites (tertiary alicyclic amines) is 1. The van der Waals surface area contributed by atoms with Crippen LogP contribution in [0.2, 0.25) is 0 Å². The van der Waals surface area contributed by atoms with Gasteiger partial charge in [0.15, 0.2) is 0 Å². The molecule has 168 valence electrons. The average molecular weight is 510 g/mol. The molecule has 2 aliphatic heterocycles. The number of sulfonamides is 1. The lowest BCUT2D eigenvalue weighted by Crippen LogP contribution is -2.22. The molecule has 2 aliphatic rings. The number of nitrogens with zero attached hydrogens (tertiary/aromatic N) is 2. The Hall–Kier alpha value is -1.89. The minimum atomic E-state index is -3.90. The number of halogens is 2. The van der Waals surface area contributed by atoms with Crippen LogP contribution in [-0.2, 0) is 14.9 Å². The maximum absolute atomic E-state index is 13.1. The summed E-state index contributed by atoms with van der Waals surface area (Å²) in [6, 6.07) is 15.5. The number of rotatable bonds is 6. The van der Waals surface area contributed by atoms with Crippen molar-refractivity contribution in [2.75, 3.05) is 24.9 Å². The van der Waals surface area contributed by atoms with Crippen molar-refractivity contribution in [2.45, 2.75) is 22.1 Å². The topological polar surface area (TPSA) is 82.4 Å². The Morgan fingerprint density at radius 1 is 1.28 bits per heavy atom. The molecular weight excluding hydrogens is 489 g/mol. The summed E-state index contributed by atoms with van der Waals surface area (Å²) in [6.45, 7) is 1.81. The lowest BCUT2D eigenvalue weighted by atomic mass is 9.99. The van der Waals surface area contributed by atoms with Crippen molar-refractivity contribution < 1.29 is 13.2 Å². The van der Waals surface area contributed by atoms with Gasteiger partial charge in [-0.3, -0.25) is 4.72 Å². The van der Waals surface area contributed by atoms with Gasteiger partial charge in [0, 0.05) is 19.2 Å². The van der Waals surface area contributed by atoms with E-state index in [9.17, 15) is 8.42 Å². The van der Waals surface area contributed by atoms with Gasteiger partial charge < -0.3 is 9.64 Å². The lowest BCUT2D eigenvalue weighted by molar-refractivity contribution is 0.208. The molecule has 0 saturated carbocycles. The van der Waals surface area contributed by atoms with Gasteiger partial charge in [-0.2, -0.15) is 5.26 Å². The van der Waals surface area contributed by atoms with E-state index in [0.717, 1.165) is 31.3 Å². The maximum atomic E-state index is 13.1. The molecule has 0 aliphatic carbocycles. The smallest absolute Gasteiger partial charge is 0.267 e. The number of thioether (sulfide) groups is 1. The lowest BCUT2D eigenvalue weighted by Gasteiger charge is -2.23. The van der Waals surface area contributed by atoms with Gasteiger partial charge in [-0.1, -0.05) is 30.0 Å². The molecule has 2 heterocycles. The van der Waals surface area contributed by atoms with Crippen molar-refractivity contribution in [1.29, 1.82) is 5.26 Å². The fourth-order valence-electron chi connectivity index (χ4n) is 3.64. The van der Waals surface area contributed by atoms with E-state index >= 15 is 0 Å². The highest BCUT2D eigenvalue weighted by atomic mass is 35.5.